The number of benzene rings is 2. The van der Waals surface area contributed by atoms with Crippen LogP contribution < -0.4 is 10.2 Å². The highest BCUT2D eigenvalue weighted by Gasteiger charge is 2.30. The van der Waals surface area contributed by atoms with Gasteiger partial charge in [0, 0.05) is 0 Å². The smallest absolute Gasteiger partial charge is 0.278 e. The number of quaternary nitrogens is 1. The topological polar surface area (TPSA) is 33.5 Å². The zero-order valence-electron chi connectivity index (χ0n) is 15.2. The van der Waals surface area contributed by atoms with Crippen molar-refractivity contribution in [3.05, 3.63) is 71.8 Å². The normalized spacial score (nSPS) is 21.7. The van der Waals surface area contributed by atoms with Crippen molar-refractivity contribution in [2.45, 2.75) is 38.8 Å². The summed E-state index contributed by atoms with van der Waals surface area (Å²) in [6, 6.07) is 20.3. The molecule has 1 amide bonds. The van der Waals surface area contributed by atoms with Crippen LogP contribution in [0, 0.1) is 5.92 Å². The van der Waals surface area contributed by atoms with Crippen LogP contribution in [0.1, 0.15) is 43.9 Å². The van der Waals surface area contributed by atoms with Crippen LogP contribution in [0.15, 0.2) is 60.7 Å². The predicted molar refractivity (Wildman–Crippen MR) is 101 cm³/mol. The lowest BCUT2D eigenvalue weighted by Gasteiger charge is -2.32. The summed E-state index contributed by atoms with van der Waals surface area (Å²) in [6.45, 7) is 6.56. The van der Waals surface area contributed by atoms with Gasteiger partial charge < -0.3 is 10.2 Å². The summed E-state index contributed by atoms with van der Waals surface area (Å²) in [5.74, 6) is 0.933. The summed E-state index contributed by atoms with van der Waals surface area (Å²) >= 11 is 0. The Morgan fingerprint density at radius 1 is 0.960 bits per heavy atom. The number of hydrogen-bond acceptors (Lipinski definition) is 1. The number of piperidine rings is 1. The molecule has 1 aliphatic heterocycles. The molecule has 1 heterocycles. The second-order valence-electron chi connectivity index (χ2n) is 7.33. The number of likely N-dealkylation sites (tertiary alicyclic amines) is 1. The van der Waals surface area contributed by atoms with Crippen LogP contribution in [0.25, 0.3) is 0 Å². The second-order valence-corrected chi connectivity index (χ2v) is 7.33. The molecule has 3 heteroatoms. The number of carbonyl (C=O) groups excluding carboxylic acids is 1. The van der Waals surface area contributed by atoms with Gasteiger partial charge in [0.05, 0.1) is 19.1 Å². The molecule has 1 atom stereocenters. The van der Waals surface area contributed by atoms with Crippen molar-refractivity contribution in [3.63, 3.8) is 0 Å². The molecule has 1 saturated heterocycles. The number of nitrogens with one attached hydrogen (secondary N) is 2. The Kier molecular flexibility index (Phi) is 5.87. The maximum Gasteiger partial charge on any atom is 0.278 e. The summed E-state index contributed by atoms with van der Waals surface area (Å²) in [4.78, 5) is 14.4. The largest absolute Gasteiger partial charge is 0.340 e. The lowest BCUT2D eigenvalue weighted by atomic mass is 9.97. The van der Waals surface area contributed by atoms with Crippen LogP contribution in [0.5, 0.6) is 0 Å². The molecular formula is C22H29N2O+. The van der Waals surface area contributed by atoms with Crippen LogP contribution in [-0.2, 0) is 4.79 Å². The third kappa shape index (κ3) is 4.49. The first-order valence-corrected chi connectivity index (χ1v) is 9.40. The molecule has 0 saturated carbocycles. The molecule has 3 rings (SSSR count). The van der Waals surface area contributed by atoms with E-state index in [1.54, 1.807) is 0 Å². The second kappa shape index (κ2) is 8.30. The van der Waals surface area contributed by atoms with Gasteiger partial charge in [-0.05, 0) is 36.8 Å². The highest BCUT2D eigenvalue weighted by Crippen LogP contribution is 2.21. The number of hydrogen-bond donors (Lipinski definition) is 2. The summed E-state index contributed by atoms with van der Waals surface area (Å²) in [5.41, 5.74) is 2.24. The average Bonchev–Trinajstić information content (AvgIpc) is 2.67. The van der Waals surface area contributed by atoms with Gasteiger partial charge in [0.1, 0.15) is 0 Å². The quantitative estimate of drug-likeness (QED) is 0.864. The third-order valence-corrected chi connectivity index (χ3v) is 5.47. The first-order chi connectivity index (χ1) is 12.1. The monoisotopic (exact) mass is 337 g/mol. The molecule has 2 aromatic carbocycles. The Hall–Kier alpha value is -2.13. The highest BCUT2D eigenvalue weighted by atomic mass is 16.2. The summed E-state index contributed by atoms with van der Waals surface area (Å²) in [7, 11) is 0. The molecule has 0 aromatic heterocycles. The zero-order valence-corrected chi connectivity index (χ0v) is 15.2. The molecule has 2 aromatic rings. The van der Waals surface area contributed by atoms with Crippen molar-refractivity contribution in [3.8, 4) is 0 Å². The molecule has 0 radical (unpaired) electrons. The molecule has 1 aliphatic rings. The van der Waals surface area contributed by atoms with E-state index in [0.29, 0.717) is 0 Å². The van der Waals surface area contributed by atoms with E-state index in [9.17, 15) is 4.79 Å². The Bertz CT molecular complexity index is 623. The lowest BCUT2D eigenvalue weighted by Crippen LogP contribution is -3.17. The van der Waals surface area contributed by atoms with Gasteiger partial charge in [-0.25, -0.2) is 0 Å². The van der Waals surface area contributed by atoms with Gasteiger partial charge in [-0.3, -0.25) is 4.79 Å². The first-order valence-electron chi connectivity index (χ1n) is 9.40. The van der Waals surface area contributed by atoms with E-state index in [1.165, 1.54) is 17.7 Å². The molecule has 25 heavy (non-hydrogen) atoms. The fourth-order valence-corrected chi connectivity index (χ4v) is 3.67. The van der Waals surface area contributed by atoms with Crippen molar-refractivity contribution >= 4 is 5.91 Å². The van der Waals surface area contributed by atoms with Gasteiger partial charge in [-0.1, -0.05) is 67.6 Å². The molecule has 132 valence electrons. The standard InChI is InChI=1S/C22H28N2O/c1-17-13-15-24(16-14-17)18(2)22(25)23-21(19-9-5-3-6-10-19)20-11-7-4-8-12-20/h3-12,17-18,21H,13-16H2,1-2H3,(H,23,25)/p+1/t18-/m0/s1. The maximum absolute atomic E-state index is 12.9. The van der Waals surface area contributed by atoms with Crippen LogP contribution in [-0.4, -0.2) is 25.0 Å². The number of rotatable bonds is 5. The molecule has 3 nitrogen and oxygen atoms in total. The molecule has 1 fully saturated rings. The average molecular weight is 337 g/mol. The first kappa shape index (κ1) is 17.7. The van der Waals surface area contributed by atoms with Gasteiger partial charge in [0.25, 0.3) is 5.91 Å². The Balaban J connectivity index is 1.75. The van der Waals surface area contributed by atoms with Gasteiger partial charge >= 0.3 is 0 Å². The van der Waals surface area contributed by atoms with Gasteiger partial charge in [0.15, 0.2) is 6.04 Å². The Morgan fingerprint density at radius 3 is 1.92 bits per heavy atom. The molecule has 2 N–H and O–H groups in total. The number of amides is 1. The lowest BCUT2D eigenvalue weighted by molar-refractivity contribution is -0.920. The highest BCUT2D eigenvalue weighted by molar-refractivity contribution is 5.80. The van der Waals surface area contributed by atoms with Crippen LogP contribution in [0.2, 0.25) is 0 Å². The van der Waals surface area contributed by atoms with E-state index >= 15 is 0 Å². The Morgan fingerprint density at radius 2 is 1.44 bits per heavy atom. The molecule has 0 aliphatic carbocycles. The predicted octanol–water partition coefficient (Wildman–Crippen LogP) is 2.60. The summed E-state index contributed by atoms with van der Waals surface area (Å²) < 4.78 is 0. The van der Waals surface area contributed by atoms with E-state index in [1.807, 2.05) is 36.4 Å². The maximum atomic E-state index is 12.9. The van der Waals surface area contributed by atoms with Crippen LogP contribution >= 0.6 is 0 Å². The van der Waals surface area contributed by atoms with Gasteiger partial charge in [-0.2, -0.15) is 0 Å². The van der Waals surface area contributed by atoms with E-state index in [4.69, 9.17) is 0 Å². The summed E-state index contributed by atoms with van der Waals surface area (Å²) in [6.07, 6.45) is 2.43. The minimum absolute atomic E-state index is 0.0116. The SMILES string of the molecule is CC1CC[NH+]([C@@H](C)C(=O)NC(c2ccccc2)c2ccccc2)CC1. The van der Waals surface area contributed by atoms with Crippen molar-refractivity contribution in [1.82, 2.24) is 5.32 Å². The minimum Gasteiger partial charge on any atom is -0.340 e. The van der Waals surface area contributed by atoms with Crippen molar-refractivity contribution < 1.29 is 9.69 Å². The van der Waals surface area contributed by atoms with Gasteiger partial charge in [0.2, 0.25) is 0 Å². The van der Waals surface area contributed by atoms with Crippen molar-refractivity contribution in [2.75, 3.05) is 13.1 Å². The van der Waals surface area contributed by atoms with Gasteiger partial charge in [-0.15, -0.1) is 0 Å². The van der Waals surface area contributed by atoms with Crippen molar-refractivity contribution in [2.24, 2.45) is 5.92 Å². The van der Waals surface area contributed by atoms with Crippen LogP contribution in [0.3, 0.4) is 0 Å². The summed E-state index contributed by atoms with van der Waals surface area (Å²) in [5, 5.41) is 3.30. The molecular weight excluding hydrogens is 308 g/mol. The fraction of sp³-hybridized carbons (Fsp3) is 0.409. The van der Waals surface area contributed by atoms with E-state index in [-0.39, 0.29) is 18.0 Å². The van der Waals surface area contributed by atoms with Crippen LogP contribution in [0.4, 0.5) is 0 Å². The van der Waals surface area contributed by atoms with E-state index in [2.05, 4.69) is 43.4 Å². The third-order valence-electron chi connectivity index (χ3n) is 5.47. The van der Waals surface area contributed by atoms with E-state index in [0.717, 1.165) is 30.1 Å². The Labute approximate surface area is 151 Å². The zero-order chi connectivity index (χ0) is 17.6. The molecule has 0 bridgehead atoms. The minimum atomic E-state index is -0.0968. The fourth-order valence-electron chi connectivity index (χ4n) is 3.67. The van der Waals surface area contributed by atoms with E-state index < -0.39 is 0 Å². The van der Waals surface area contributed by atoms with Crippen molar-refractivity contribution in [1.29, 1.82) is 0 Å². The molecule has 0 spiro atoms. The number of carbonyl (C=O) groups is 1. The molecule has 0 unspecified atom stereocenters.